The van der Waals surface area contributed by atoms with Gasteiger partial charge in [0.15, 0.2) is 0 Å². The lowest BCUT2D eigenvalue weighted by Gasteiger charge is -2.36. The lowest BCUT2D eigenvalue weighted by atomic mass is 9.89. The van der Waals surface area contributed by atoms with Crippen molar-refractivity contribution in [2.45, 2.75) is 25.0 Å². The molecular weight excluding hydrogens is 202 g/mol. The summed E-state index contributed by atoms with van der Waals surface area (Å²) in [5.74, 6) is 0. The van der Waals surface area contributed by atoms with E-state index in [4.69, 9.17) is 4.74 Å². The zero-order valence-corrected chi connectivity index (χ0v) is 10.1. The van der Waals surface area contributed by atoms with Crippen LogP contribution in [-0.4, -0.2) is 38.3 Å². The van der Waals surface area contributed by atoms with Gasteiger partial charge < -0.3 is 15.0 Å². The van der Waals surface area contributed by atoms with Gasteiger partial charge in [-0.3, -0.25) is 4.98 Å². The van der Waals surface area contributed by atoms with Gasteiger partial charge in [-0.25, -0.2) is 0 Å². The highest BCUT2D eigenvalue weighted by atomic mass is 16.5. The highest BCUT2D eigenvalue weighted by molar-refractivity contribution is 5.68. The van der Waals surface area contributed by atoms with E-state index in [-0.39, 0.29) is 0 Å². The third-order valence-corrected chi connectivity index (χ3v) is 3.07. The Bertz CT molecular complexity index is 348. The Labute approximate surface area is 96.6 Å². The van der Waals surface area contributed by atoms with Gasteiger partial charge in [0, 0.05) is 33.4 Å². The Morgan fingerprint density at radius 3 is 2.81 bits per heavy atom. The SMILES string of the molecule is COC1CC(Nc2cnccc2N(C)C)C1. The Morgan fingerprint density at radius 1 is 1.44 bits per heavy atom. The van der Waals surface area contributed by atoms with Gasteiger partial charge in [-0.2, -0.15) is 0 Å². The van der Waals surface area contributed by atoms with Crippen LogP contribution in [0, 0.1) is 0 Å². The third-order valence-electron chi connectivity index (χ3n) is 3.07. The molecule has 0 aromatic carbocycles. The smallest absolute Gasteiger partial charge is 0.0766 e. The average molecular weight is 221 g/mol. The molecule has 0 spiro atoms. The van der Waals surface area contributed by atoms with Crippen molar-refractivity contribution in [3.8, 4) is 0 Å². The lowest BCUT2D eigenvalue weighted by Crippen LogP contribution is -2.40. The number of hydrogen-bond acceptors (Lipinski definition) is 4. The van der Waals surface area contributed by atoms with Gasteiger partial charge in [0.05, 0.1) is 23.7 Å². The number of anilines is 2. The number of aromatic nitrogens is 1. The van der Waals surface area contributed by atoms with Crippen molar-refractivity contribution in [3.05, 3.63) is 18.5 Å². The summed E-state index contributed by atoms with van der Waals surface area (Å²) in [7, 11) is 5.86. The van der Waals surface area contributed by atoms with Crippen LogP contribution in [-0.2, 0) is 4.74 Å². The summed E-state index contributed by atoms with van der Waals surface area (Å²) in [5, 5.41) is 3.51. The second kappa shape index (κ2) is 4.70. The third kappa shape index (κ3) is 2.27. The molecule has 16 heavy (non-hydrogen) atoms. The zero-order valence-electron chi connectivity index (χ0n) is 10.1. The van der Waals surface area contributed by atoms with Crippen LogP contribution in [0.15, 0.2) is 18.5 Å². The Balaban J connectivity index is 1.99. The van der Waals surface area contributed by atoms with Gasteiger partial charge in [0.25, 0.3) is 0 Å². The molecule has 1 heterocycles. The Hall–Kier alpha value is -1.29. The molecule has 1 aromatic heterocycles. The molecule has 0 saturated heterocycles. The summed E-state index contributed by atoms with van der Waals surface area (Å²) >= 11 is 0. The van der Waals surface area contributed by atoms with Crippen LogP contribution >= 0.6 is 0 Å². The molecule has 0 amide bonds. The van der Waals surface area contributed by atoms with E-state index in [2.05, 4.69) is 15.2 Å². The first-order chi connectivity index (χ1) is 7.70. The summed E-state index contributed by atoms with van der Waals surface area (Å²) in [6.45, 7) is 0. The quantitative estimate of drug-likeness (QED) is 0.840. The maximum Gasteiger partial charge on any atom is 0.0766 e. The van der Waals surface area contributed by atoms with E-state index >= 15 is 0 Å². The van der Waals surface area contributed by atoms with Crippen molar-refractivity contribution in [2.24, 2.45) is 0 Å². The molecule has 1 saturated carbocycles. The second-order valence-corrected chi connectivity index (χ2v) is 4.46. The molecule has 2 rings (SSSR count). The van der Waals surface area contributed by atoms with E-state index in [9.17, 15) is 0 Å². The van der Waals surface area contributed by atoms with Crippen LogP contribution in [0.3, 0.4) is 0 Å². The van der Waals surface area contributed by atoms with E-state index in [0.717, 1.165) is 18.5 Å². The van der Waals surface area contributed by atoms with Crippen molar-refractivity contribution in [1.82, 2.24) is 4.98 Å². The largest absolute Gasteiger partial charge is 0.381 e. The van der Waals surface area contributed by atoms with Crippen LogP contribution in [0.5, 0.6) is 0 Å². The number of hydrogen-bond donors (Lipinski definition) is 1. The van der Waals surface area contributed by atoms with Crippen molar-refractivity contribution < 1.29 is 4.74 Å². The molecule has 4 heteroatoms. The van der Waals surface area contributed by atoms with E-state index in [1.54, 1.807) is 7.11 Å². The molecule has 0 aliphatic heterocycles. The van der Waals surface area contributed by atoms with Crippen LogP contribution in [0.25, 0.3) is 0 Å². The Kier molecular flexibility index (Phi) is 3.29. The van der Waals surface area contributed by atoms with Crippen molar-refractivity contribution in [2.75, 3.05) is 31.4 Å². The molecule has 0 atom stereocenters. The Morgan fingerprint density at radius 2 is 2.19 bits per heavy atom. The molecule has 88 valence electrons. The maximum atomic E-state index is 5.27. The lowest BCUT2D eigenvalue weighted by molar-refractivity contribution is 0.0329. The molecule has 0 radical (unpaired) electrons. The maximum absolute atomic E-state index is 5.27. The number of pyridine rings is 1. The fourth-order valence-corrected chi connectivity index (χ4v) is 1.98. The van der Waals surface area contributed by atoms with Crippen molar-refractivity contribution in [1.29, 1.82) is 0 Å². The van der Waals surface area contributed by atoms with Gasteiger partial charge >= 0.3 is 0 Å². The standard InChI is InChI=1S/C12H19N3O/c1-15(2)12-4-5-13-8-11(12)14-9-6-10(7-9)16-3/h4-5,8-10,14H,6-7H2,1-3H3. The predicted octanol–water partition coefficient (Wildman–Crippen LogP) is 1.74. The van der Waals surface area contributed by atoms with Gasteiger partial charge in [-0.15, -0.1) is 0 Å². The fourth-order valence-electron chi connectivity index (χ4n) is 1.98. The summed E-state index contributed by atoms with van der Waals surface area (Å²) in [6.07, 6.45) is 6.29. The number of rotatable bonds is 4. The van der Waals surface area contributed by atoms with Crippen molar-refractivity contribution in [3.63, 3.8) is 0 Å². The number of methoxy groups -OCH3 is 1. The van der Waals surface area contributed by atoms with Crippen LogP contribution in [0.4, 0.5) is 11.4 Å². The summed E-state index contributed by atoms with van der Waals surface area (Å²) < 4.78 is 5.27. The van der Waals surface area contributed by atoms with Crippen molar-refractivity contribution >= 4 is 11.4 Å². The highest BCUT2D eigenvalue weighted by Gasteiger charge is 2.29. The van der Waals surface area contributed by atoms with Gasteiger partial charge in [-0.05, 0) is 18.9 Å². The fraction of sp³-hybridized carbons (Fsp3) is 0.583. The van der Waals surface area contributed by atoms with Gasteiger partial charge in [-0.1, -0.05) is 0 Å². The second-order valence-electron chi connectivity index (χ2n) is 4.46. The molecule has 1 N–H and O–H groups in total. The summed E-state index contributed by atoms with van der Waals surface area (Å²) in [6, 6.07) is 2.54. The van der Waals surface area contributed by atoms with E-state index in [1.807, 2.05) is 32.6 Å². The molecule has 4 nitrogen and oxygen atoms in total. The molecule has 1 aliphatic rings. The number of nitrogens with zero attached hydrogens (tertiary/aromatic N) is 2. The van der Waals surface area contributed by atoms with E-state index in [0.29, 0.717) is 12.1 Å². The van der Waals surface area contributed by atoms with Crippen LogP contribution < -0.4 is 10.2 Å². The monoisotopic (exact) mass is 221 g/mol. The topological polar surface area (TPSA) is 37.4 Å². The first kappa shape index (κ1) is 11.2. The first-order valence-electron chi connectivity index (χ1n) is 5.61. The predicted molar refractivity (Wildman–Crippen MR) is 66.0 cm³/mol. The number of ether oxygens (including phenoxy) is 1. The van der Waals surface area contributed by atoms with Crippen LogP contribution in [0.1, 0.15) is 12.8 Å². The van der Waals surface area contributed by atoms with E-state index in [1.165, 1.54) is 5.69 Å². The minimum absolute atomic E-state index is 0.428. The zero-order chi connectivity index (χ0) is 11.5. The first-order valence-corrected chi connectivity index (χ1v) is 5.61. The molecular formula is C12H19N3O. The molecule has 1 fully saturated rings. The minimum Gasteiger partial charge on any atom is -0.381 e. The van der Waals surface area contributed by atoms with Crippen LogP contribution in [0.2, 0.25) is 0 Å². The average Bonchev–Trinajstić information content (AvgIpc) is 2.23. The molecule has 0 bridgehead atoms. The highest BCUT2D eigenvalue weighted by Crippen LogP contribution is 2.30. The summed E-state index contributed by atoms with van der Waals surface area (Å²) in [4.78, 5) is 6.25. The molecule has 1 aromatic rings. The van der Waals surface area contributed by atoms with Gasteiger partial charge in [0.2, 0.25) is 0 Å². The molecule has 0 unspecified atom stereocenters. The number of nitrogens with one attached hydrogen (secondary N) is 1. The minimum atomic E-state index is 0.428. The van der Waals surface area contributed by atoms with Gasteiger partial charge in [0.1, 0.15) is 0 Å². The molecule has 1 aliphatic carbocycles. The summed E-state index contributed by atoms with van der Waals surface area (Å²) in [5.41, 5.74) is 2.28. The van der Waals surface area contributed by atoms with E-state index < -0.39 is 0 Å². The normalized spacial score (nSPS) is 23.7.